The molecule has 0 radical (unpaired) electrons. The normalized spacial score (nSPS) is 45.7. The lowest BCUT2D eigenvalue weighted by atomic mass is 9.51. The molecule has 1 unspecified atom stereocenters. The van der Waals surface area contributed by atoms with E-state index in [1.54, 1.807) is 14.2 Å². The van der Waals surface area contributed by atoms with Crippen LogP contribution < -0.4 is 14.4 Å². The van der Waals surface area contributed by atoms with Crippen molar-refractivity contribution in [3.63, 3.8) is 0 Å². The Balaban J connectivity index is 1.57. The first kappa shape index (κ1) is 18.5. The number of anilines is 1. The molecule has 1 spiro atoms. The third-order valence-electron chi connectivity index (χ3n) is 9.70. The van der Waals surface area contributed by atoms with Crippen molar-refractivity contribution in [2.75, 3.05) is 45.9 Å². The molecule has 4 fully saturated rings. The molecule has 5 heterocycles. The number of nitrogens with zero attached hydrogens (tertiary/aromatic N) is 2. The molecule has 164 valence electrons. The number of aliphatic hydroxyl groups is 1. The number of benzene rings is 1. The summed E-state index contributed by atoms with van der Waals surface area (Å²) in [6.07, 6.45) is 4.12. The molecular weight excluding hydrogens is 396 g/mol. The minimum absolute atomic E-state index is 0.0877. The number of rotatable bonds is 2. The molecule has 1 saturated carbocycles. The first-order chi connectivity index (χ1) is 14.9. The smallest absolute Gasteiger partial charge is 0.229 e. The summed E-state index contributed by atoms with van der Waals surface area (Å²) in [5, 5.41) is 12.6. The molecular formula is C24H29N2O5+. The van der Waals surface area contributed by atoms with Gasteiger partial charge >= 0.3 is 0 Å². The topological polar surface area (TPSA) is 68.2 Å². The maximum atomic E-state index is 13.6. The summed E-state index contributed by atoms with van der Waals surface area (Å²) in [5.41, 5.74) is 1.89. The Kier molecular flexibility index (Phi) is 3.25. The molecule has 7 heteroatoms. The number of carbonyl (C=O) groups is 1. The Hall–Kier alpha value is -2.09. The van der Waals surface area contributed by atoms with Gasteiger partial charge in [-0.3, -0.25) is 9.28 Å². The lowest BCUT2D eigenvalue weighted by Crippen LogP contribution is -2.78. The van der Waals surface area contributed by atoms with Crippen LogP contribution in [0.2, 0.25) is 0 Å². The zero-order valence-electron chi connectivity index (χ0n) is 18.3. The number of ether oxygens (including phenoxy) is 3. The second-order valence-electron chi connectivity index (χ2n) is 10.5. The molecule has 1 aliphatic carbocycles. The molecule has 7 nitrogen and oxygen atoms in total. The van der Waals surface area contributed by atoms with E-state index >= 15 is 0 Å². The van der Waals surface area contributed by atoms with E-state index in [0.717, 1.165) is 37.2 Å². The van der Waals surface area contributed by atoms with Gasteiger partial charge in [-0.15, -0.1) is 0 Å². The molecule has 0 aromatic heterocycles. The Labute approximate surface area is 181 Å². The highest BCUT2D eigenvalue weighted by Crippen LogP contribution is 2.71. The van der Waals surface area contributed by atoms with Gasteiger partial charge in [0.1, 0.15) is 12.0 Å². The van der Waals surface area contributed by atoms with Crippen molar-refractivity contribution in [1.82, 2.24) is 0 Å². The van der Waals surface area contributed by atoms with Crippen molar-refractivity contribution < 1.29 is 28.6 Å². The fourth-order valence-electron chi connectivity index (χ4n) is 8.48. The van der Waals surface area contributed by atoms with E-state index < -0.39 is 11.1 Å². The number of amides is 1. The SMILES string of the molecule is COc1cc2c(cc1OC)[C@]13CC[N@+]4(C)CC5=CCO[C@H]6CC(=O)N2[C@@H]1C6[C@@H]5C[C@]34O. The highest BCUT2D eigenvalue weighted by molar-refractivity contribution is 5.99. The molecule has 31 heavy (non-hydrogen) atoms. The Morgan fingerprint density at radius 2 is 2.03 bits per heavy atom. The minimum atomic E-state index is -0.925. The monoisotopic (exact) mass is 425 g/mol. The molecule has 5 aliphatic heterocycles. The van der Waals surface area contributed by atoms with E-state index in [9.17, 15) is 9.90 Å². The lowest BCUT2D eigenvalue weighted by molar-refractivity contribution is -0.976. The van der Waals surface area contributed by atoms with Gasteiger partial charge in [0.2, 0.25) is 11.6 Å². The third kappa shape index (κ3) is 1.77. The van der Waals surface area contributed by atoms with Gasteiger partial charge in [-0.1, -0.05) is 6.08 Å². The van der Waals surface area contributed by atoms with Crippen LogP contribution in [0.4, 0.5) is 5.69 Å². The summed E-state index contributed by atoms with van der Waals surface area (Å²) in [7, 11) is 5.46. The van der Waals surface area contributed by atoms with Crippen LogP contribution in [-0.4, -0.2) is 74.3 Å². The zero-order chi connectivity index (χ0) is 21.3. The predicted molar refractivity (Wildman–Crippen MR) is 112 cm³/mol. The number of likely N-dealkylation sites (N-methyl/N-ethyl adjacent to an activating group) is 1. The van der Waals surface area contributed by atoms with E-state index in [-0.39, 0.29) is 29.9 Å². The van der Waals surface area contributed by atoms with Crippen molar-refractivity contribution in [2.24, 2.45) is 11.8 Å². The fraction of sp³-hybridized carbons (Fsp3) is 0.625. The van der Waals surface area contributed by atoms with Crippen LogP contribution >= 0.6 is 0 Å². The van der Waals surface area contributed by atoms with E-state index in [1.165, 1.54) is 5.57 Å². The van der Waals surface area contributed by atoms with Gasteiger partial charge < -0.3 is 24.2 Å². The highest BCUT2D eigenvalue weighted by Gasteiger charge is 2.82. The van der Waals surface area contributed by atoms with Crippen LogP contribution in [0.5, 0.6) is 11.5 Å². The van der Waals surface area contributed by atoms with Crippen LogP contribution in [0.3, 0.4) is 0 Å². The number of carbonyl (C=O) groups excluding carboxylic acids is 1. The van der Waals surface area contributed by atoms with E-state index in [2.05, 4.69) is 13.1 Å². The molecule has 1 aromatic rings. The second-order valence-corrected chi connectivity index (χ2v) is 10.5. The van der Waals surface area contributed by atoms with E-state index in [1.807, 2.05) is 17.0 Å². The molecule has 7 atom stereocenters. The first-order valence-corrected chi connectivity index (χ1v) is 11.3. The Morgan fingerprint density at radius 1 is 1.26 bits per heavy atom. The standard InChI is InChI=1S/C24H29N2O5/c1-26-6-5-23-15-8-17(29-2)18(30-3)9-16(15)25-20(27)10-19-21(22(23)25)14(11-24(23,26)28)13(12-26)4-7-31-19/h4,8-9,14,19,21-22,28H,5-7,10-12H2,1-3H3/q+1/t14-,19+,21?,22-,23-,24+,26-/m1/s1. The van der Waals surface area contributed by atoms with Crippen LogP contribution in [0.1, 0.15) is 24.8 Å². The largest absolute Gasteiger partial charge is 0.493 e. The molecule has 1 amide bonds. The van der Waals surface area contributed by atoms with Crippen LogP contribution in [0.15, 0.2) is 23.8 Å². The van der Waals surface area contributed by atoms with E-state index in [0.29, 0.717) is 29.0 Å². The summed E-state index contributed by atoms with van der Waals surface area (Å²) in [4.78, 5) is 15.6. The number of hydrogen-bond acceptors (Lipinski definition) is 5. The second kappa shape index (κ2) is 5.45. The van der Waals surface area contributed by atoms with Gasteiger partial charge in [0.15, 0.2) is 11.5 Å². The third-order valence-corrected chi connectivity index (χ3v) is 9.70. The maximum Gasteiger partial charge on any atom is 0.229 e. The van der Waals surface area contributed by atoms with Gasteiger partial charge in [-0.05, 0) is 17.2 Å². The van der Waals surface area contributed by atoms with Gasteiger partial charge in [0.05, 0.1) is 58.7 Å². The first-order valence-electron chi connectivity index (χ1n) is 11.3. The zero-order valence-corrected chi connectivity index (χ0v) is 18.3. The average molecular weight is 426 g/mol. The quantitative estimate of drug-likeness (QED) is 0.576. The van der Waals surface area contributed by atoms with Crippen molar-refractivity contribution in [3.8, 4) is 11.5 Å². The Morgan fingerprint density at radius 3 is 2.81 bits per heavy atom. The van der Waals surface area contributed by atoms with Crippen molar-refractivity contribution in [1.29, 1.82) is 0 Å². The molecule has 1 aromatic carbocycles. The van der Waals surface area contributed by atoms with Crippen LogP contribution in [0, 0.1) is 11.8 Å². The van der Waals surface area contributed by atoms with Gasteiger partial charge in [-0.25, -0.2) is 0 Å². The fourth-order valence-corrected chi connectivity index (χ4v) is 8.48. The number of quaternary nitrogens is 1. The van der Waals surface area contributed by atoms with Crippen LogP contribution in [0.25, 0.3) is 0 Å². The molecule has 3 saturated heterocycles. The number of methoxy groups -OCH3 is 2. The summed E-state index contributed by atoms with van der Waals surface area (Å²) < 4.78 is 18.2. The predicted octanol–water partition coefficient (Wildman–Crippen LogP) is 1.57. The number of fused-ring (bicyclic) bond motifs is 2. The van der Waals surface area contributed by atoms with E-state index in [4.69, 9.17) is 14.2 Å². The number of piperidine rings is 2. The summed E-state index contributed by atoms with van der Waals surface area (Å²) in [6.45, 7) is 2.32. The average Bonchev–Trinajstić information content (AvgIpc) is 3.12. The van der Waals surface area contributed by atoms with Crippen molar-refractivity contribution in [2.45, 2.75) is 42.5 Å². The van der Waals surface area contributed by atoms with Gasteiger partial charge in [-0.2, -0.15) is 0 Å². The molecule has 1 N–H and O–H groups in total. The maximum absolute atomic E-state index is 13.6. The lowest BCUT2D eigenvalue weighted by Gasteiger charge is -2.63. The highest BCUT2D eigenvalue weighted by atomic mass is 16.5. The number of hydrogen-bond donors (Lipinski definition) is 1. The minimum Gasteiger partial charge on any atom is -0.493 e. The van der Waals surface area contributed by atoms with Gasteiger partial charge in [0, 0.05) is 30.7 Å². The molecule has 7 rings (SSSR count). The molecule has 6 aliphatic rings. The summed E-state index contributed by atoms with van der Waals surface area (Å²) in [6, 6.07) is 3.88. The summed E-state index contributed by atoms with van der Waals surface area (Å²) >= 11 is 0. The summed E-state index contributed by atoms with van der Waals surface area (Å²) in [5.74, 6) is 1.82. The molecule has 2 bridgehead atoms. The van der Waals surface area contributed by atoms with Crippen molar-refractivity contribution >= 4 is 11.6 Å². The Bertz CT molecular complexity index is 1070. The van der Waals surface area contributed by atoms with Crippen LogP contribution in [-0.2, 0) is 14.9 Å². The van der Waals surface area contributed by atoms with Gasteiger partial charge in [0.25, 0.3) is 0 Å². The van der Waals surface area contributed by atoms with Crippen molar-refractivity contribution in [3.05, 3.63) is 29.3 Å².